The van der Waals surface area contributed by atoms with Gasteiger partial charge in [-0.3, -0.25) is 9.59 Å². The molecule has 1 N–H and O–H groups in total. The topological polar surface area (TPSA) is 64.0 Å². The van der Waals surface area contributed by atoms with Crippen LogP contribution < -0.4 is 10.7 Å². The molecular weight excluding hydrogens is 402 g/mol. The Morgan fingerprint density at radius 3 is 2.53 bits per heavy atom. The molecule has 0 unspecified atom stereocenters. The highest BCUT2D eigenvalue weighted by Gasteiger charge is 2.34. The van der Waals surface area contributed by atoms with Gasteiger partial charge in [-0.2, -0.15) is 18.3 Å². The summed E-state index contributed by atoms with van der Waals surface area (Å²) in [7, 11) is 0. The largest absolute Gasteiger partial charge is 0.418 e. The molecular formula is C21H17F4N3O2. The van der Waals surface area contributed by atoms with Gasteiger partial charge in [-0.15, -0.1) is 0 Å². The summed E-state index contributed by atoms with van der Waals surface area (Å²) in [6.07, 6.45) is -4.33. The van der Waals surface area contributed by atoms with Crippen LogP contribution in [0.25, 0.3) is 5.69 Å². The summed E-state index contributed by atoms with van der Waals surface area (Å²) >= 11 is 0. The molecule has 1 amide bonds. The predicted octanol–water partition coefficient (Wildman–Crippen LogP) is 3.67. The van der Waals surface area contributed by atoms with Crippen LogP contribution in [-0.2, 0) is 12.6 Å². The van der Waals surface area contributed by atoms with Crippen molar-refractivity contribution in [2.75, 3.05) is 6.54 Å². The highest BCUT2D eigenvalue weighted by Crippen LogP contribution is 2.33. The molecule has 0 saturated heterocycles. The van der Waals surface area contributed by atoms with Crippen LogP contribution in [0.2, 0.25) is 0 Å². The molecule has 156 valence electrons. The summed E-state index contributed by atoms with van der Waals surface area (Å²) in [6.45, 7) is 1.52. The lowest BCUT2D eigenvalue weighted by Crippen LogP contribution is -2.33. The van der Waals surface area contributed by atoms with Crippen molar-refractivity contribution < 1.29 is 22.4 Å². The molecule has 3 rings (SSSR count). The van der Waals surface area contributed by atoms with E-state index in [1.165, 1.54) is 43.3 Å². The van der Waals surface area contributed by atoms with Crippen LogP contribution in [0.3, 0.4) is 0 Å². The van der Waals surface area contributed by atoms with E-state index in [9.17, 15) is 27.2 Å². The molecule has 0 spiro atoms. The first-order valence-electron chi connectivity index (χ1n) is 8.97. The Bertz CT molecular complexity index is 1140. The number of aromatic nitrogens is 2. The van der Waals surface area contributed by atoms with E-state index in [1.807, 2.05) is 0 Å². The zero-order valence-corrected chi connectivity index (χ0v) is 15.8. The molecule has 1 heterocycles. The van der Waals surface area contributed by atoms with Crippen molar-refractivity contribution in [1.82, 2.24) is 15.1 Å². The number of alkyl halides is 3. The van der Waals surface area contributed by atoms with E-state index in [2.05, 4.69) is 10.4 Å². The minimum atomic E-state index is -4.64. The number of carbonyl (C=O) groups is 1. The molecule has 0 bridgehead atoms. The molecule has 0 aliphatic heterocycles. The average Bonchev–Trinajstić information content (AvgIpc) is 2.67. The smallest absolute Gasteiger partial charge is 0.350 e. The monoisotopic (exact) mass is 419 g/mol. The SMILES string of the molecule is Cc1cc(=O)c(C(=O)NCCc2cccc(F)c2)nn1-c1ccccc1C(F)(F)F. The maximum Gasteiger partial charge on any atom is 0.418 e. The molecule has 1 aromatic heterocycles. The van der Waals surface area contributed by atoms with E-state index in [-0.39, 0.29) is 17.9 Å². The van der Waals surface area contributed by atoms with Gasteiger partial charge in [-0.1, -0.05) is 24.3 Å². The number of nitrogens with one attached hydrogen (secondary N) is 1. The van der Waals surface area contributed by atoms with Crippen LogP contribution in [0, 0.1) is 12.7 Å². The lowest BCUT2D eigenvalue weighted by Gasteiger charge is -2.16. The van der Waals surface area contributed by atoms with Crippen LogP contribution >= 0.6 is 0 Å². The van der Waals surface area contributed by atoms with E-state index in [1.54, 1.807) is 6.07 Å². The van der Waals surface area contributed by atoms with Crippen LogP contribution in [0.1, 0.15) is 27.3 Å². The Morgan fingerprint density at radius 1 is 1.10 bits per heavy atom. The molecule has 0 radical (unpaired) electrons. The number of aryl methyl sites for hydroxylation is 1. The van der Waals surface area contributed by atoms with Crippen molar-refractivity contribution in [1.29, 1.82) is 0 Å². The van der Waals surface area contributed by atoms with Gasteiger partial charge in [0, 0.05) is 18.3 Å². The van der Waals surface area contributed by atoms with Gasteiger partial charge in [-0.25, -0.2) is 9.07 Å². The fourth-order valence-corrected chi connectivity index (χ4v) is 2.94. The fraction of sp³-hybridized carbons (Fsp3) is 0.190. The first-order chi connectivity index (χ1) is 14.2. The lowest BCUT2D eigenvalue weighted by molar-refractivity contribution is -0.137. The third kappa shape index (κ3) is 4.73. The van der Waals surface area contributed by atoms with Gasteiger partial charge in [0.25, 0.3) is 5.91 Å². The van der Waals surface area contributed by atoms with Gasteiger partial charge >= 0.3 is 6.18 Å². The van der Waals surface area contributed by atoms with E-state index >= 15 is 0 Å². The molecule has 0 saturated carbocycles. The molecule has 0 aliphatic carbocycles. The van der Waals surface area contributed by atoms with Crippen LogP contribution in [0.15, 0.2) is 59.4 Å². The Labute approximate surface area is 169 Å². The number of amides is 1. The minimum absolute atomic E-state index is 0.0937. The Morgan fingerprint density at radius 2 is 1.83 bits per heavy atom. The van der Waals surface area contributed by atoms with E-state index in [0.29, 0.717) is 12.0 Å². The van der Waals surface area contributed by atoms with Gasteiger partial charge < -0.3 is 5.32 Å². The minimum Gasteiger partial charge on any atom is -0.350 e. The quantitative estimate of drug-likeness (QED) is 0.642. The second kappa shape index (κ2) is 8.48. The van der Waals surface area contributed by atoms with Crippen LogP contribution in [0.4, 0.5) is 17.6 Å². The van der Waals surface area contributed by atoms with Gasteiger partial charge in [0.05, 0.1) is 11.3 Å². The van der Waals surface area contributed by atoms with Gasteiger partial charge in [-0.05, 0) is 43.2 Å². The number of rotatable bonds is 5. The number of hydrogen-bond donors (Lipinski definition) is 1. The second-order valence-electron chi connectivity index (χ2n) is 6.56. The van der Waals surface area contributed by atoms with E-state index in [4.69, 9.17) is 0 Å². The maximum atomic E-state index is 13.4. The number of para-hydroxylation sites is 1. The van der Waals surface area contributed by atoms with Gasteiger partial charge in [0.15, 0.2) is 5.69 Å². The fourth-order valence-electron chi connectivity index (χ4n) is 2.94. The van der Waals surface area contributed by atoms with Crippen molar-refractivity contribution in [3.8, 4) is 5.69 Å². The second-order valence-corrected chi connectivity index (χ2v) is 6.56. The number of nitrogens with zero attached hydrogens (tertiary/aromatic N) is 2. The molecule has 5 nitrogen and oxygen atoms in total. The van der Waals surface area contributed by atoms with Gasteiger partial charge in [0.1, 0.15) is 5.82 Å². The summed E-state index contributed by atoms with van der Waals surface area (Å²) < 4.78 is 54.2. The number of carbonyl (C=O) groups excluding carboxylic acids is 1. The van der Waals surface area contributed by atoms with Crippen LogP contribution in [0.5, 0.6) is 0 Å². The Kier molecular flexibility index (Phi) is 6.00. The highest BCUT2D eigenvalue weighted by molar-refractivity contribution is 5.92. The molecule has 3 aromatic rings. The van der Waals surface area contributed by atoms with E-state index in [0.717, 1.165) is 16.8 Å². The van der Waals surface area contributed by atoms with Gasteiger partial charge in [0.2, 0.25) is 5.43 Å². The normalized spacial score (nSPS) is 11.4. The Hall–Kier alpha value is -3.49. The molecule has 0 aliphatic rings. The molecule has 30 heavy (non-hydrogen) atoms. The first kappa shape index (κ1) is 21.2. The standard InChI is InChI=1S/C21H17F4N3O2/c1-13-11-18(29)19(20(30)26-10-9-14-5-4-6-15(22)12-14)27-28(13)17-8-3-2-7-16(17)21(23,24)25/h2-8,11-12H,9-10H2,1H3,(H,26,30). The van der Waals surface area contributed by atoms with Crippen molar-refractivity contribution >= 4 is 5.91 Å². The van der Waals surface area contributed by atoms with Crippen molar-refractivity contribution in [3.05, 3.63) is 93.2 Å². The molecule has 9 heteroatoms. The summed E-state index contributed by atoms with van der Waals surface area (Å²) in [5.74, 6) is -1.24. The summed E-state index contributed by atoms with van der Waals surface area (Å²) in [5.41, 5.74) is -1.69. The lowest BCUT2D eigenvalue weighted by atomic mass is 10.1. The number of benzene rings is 2. The zero-order chi connectivity index (χ0) is 21.9. The van der Waals surface area contributed by atoms with Crippen LogP contribution in [-0.4, -0.2) is 22.2 Å². The number of hydrogen-bond acceptors (Lipinski definition) is 3. The highest BCUT2D eigenvalue weighted by atomic mass is 19.4. The summed E-state index contributed by atoms with van der Waals surface area (Å²) in [6, 6.07) is 11.6. The van der Waals surface area contributed by atoms with Crippen molar-refractivity contribution in [2.45, 2.75) is 19.5 Å². The maximum absolute atomic E-state index is 13.4. The molecule has 0 fully saturated rings. The summed E-state index contributed by atoms with van der Waals surface area (Å²) in [4.78, 5) is 24.6. The van der Waals surface area contributed by atoms with Crippen molar-refractivity contribution in [2.24, 2.45) is 0 Å². The average molecular weight is 419 g/mol. The summed E-state index contributed by atoms with van der Waals surface area (Å²) in [5, 5.41) is 6.38. The Balaban J connectivity index is 1.87. The molecule has 2 aromatic carbocycles. The predicted molar refractivity (Wildman–Crippen MR) is 102 cm³/mol. The first-order valence-corrected chi connectivity index (χ1v) is 8.97. The number of halogens is 4. The van der Waals surface area contributed by atoms with E-state index < -0.39 is 34.6 Å². The zero-order valence-electron chi connectivity index (χ0n) is 15.8. The van der Waals surface area contributed by atoms with Crippen molar-refractivity contribution in [3.63, 3.8) is 0 Å². The molecule has 0 atom stereocenters. The third-order valence-electron chi connectivity index (χ3n) is 4.35. The third-order valence-corrected chi connectivity index (χ3v) is 4.35.